The van der Waals surface area contributed by atoms with Crippen molar-refractivity contribution in [3.63, 3.8) is 0 Å². The van der Waals surface area contributed by atoms with Crippen molar-refractivity contribution < 1.29 is 14.7 Å². The van der Waals surface area contributed by atoms with Crippen LogP contribution in [-0.4, -0.2) is 53.2 Å². The maximum absolute atomic E-state index is 11.6. The standard InChI is InChI=1S/C11H22N2O3S2/c1-8(4-6-17-2)12-11(16)13-9(10(14)15)5-7-18-3/h8-9H,4-7H2,1-3H3,(H,14,15)(H2,12,13,16). The Bertz CT molecular complexity index is 265. The van der Waals surface area contributed by atoms with E-state index in [-0.39, 0.29) is 6.04 Å². The predicted octanol–water partition coefficient (Wildman–Crippen LogP) is 1.63. The van der Waals surface area contributed by atoms with Crippen LogP contribution in [0.1, 0.15) is 19.8 Å². The largest absolute Gasteiger partial charge is 0.480 e. The summed E-state index contributed by atoms with van der Waals surface area (Å²) in [4.78, 5) is 22.5. The van der Waals surface area contributed by atoms with E-state index in [9.17, 15) is 9.59 Å². The van der Waals surface area contributed by atoms with Gasteiger partial charge in [0.2, 0.25) is 0 Å². The summed E-state index contributed by atoms with van der Waals surface area (Å²) >= 11 is 3.28. The maximum atomic E-state index is 11.6. The van der Waals surface area contributed by atoms with Crippen LogP contribution in [0.2, 0.25) is 0 Å². The van der Waals surface area contributed by atoms with Crippen molar-refractivity contribution in [1.82, 2.24) is 10.6 Å². The average molecular weight is 294 g/mol. The summed E-state index contributed by atoms with van der Waals surface area (Å²) in [5, 5.41) is 14.2. The van der Waals surface area contributed by atoms with E-state index in [1.807, 2.05) is 19.4 Å². The summed E-state index contributed by atoms with van der Waals surface area (Å²) < 4.78 is 0. The topological polar surface area (TPSA) is 78.4 Å². The van der Waals surface area contributed by atoms with Gasteiger partial charge < -0.3 is 15.7 Å². The van der Waals surface area contributed by atoms with Crippen molar-refractivity contribution in [1.29, 1.82) is 0 Å². The number of amides is 2. The third-order valence-corrected chi connectivity index (χ3v) is 3.63. The molecule has 0 fully saturated rings. The Balaban J connectivity index is 4.04. The first-order chi connectivity index (χ1) is 8.51. The lowest BCUT2D eigenvalue weighted by molar-refractivity contribution is -0.139. The van der Waals surface area contributed by atoms with Gasteiger partial charge in [0.25, 0.3) is 0 Å². The number of carbonyl (C=O) groups excluding carboxylic acids is 1. The molecule has 2 atom stereocenters. The Kier molecular flexibility index (Phi) is 10.0. The number of nitrogens with one attached hydrogen (secondary N) is 2. The van der Waals surface area contributed by atoms with Gasteiger partial charge in [0.15, 0.2) is 0 Å². The second-order valence-electron chi connectivity index (χ2n) is 3.97. The van der Waals surface area contributed by atoms with Gasteiger partial charge in [-0.05, 0) is 43.8 Å². The van der Waals surface area contributed by atoms with Crippen molar-refractivity contribution in [3.05, 3.63) is 0 Å². The van der Waals surface area contributed by atoms with Crippen LogP contribution < -0.4 is 10.6 Å². The third kappa shape index (κ3) is 8.52. The van der Waals surface area contributed by atoms with Crippen molar-refractivity contribution in [2.24, 2.45) is 0 Å². The predicted molar refractivity (Wildman–Crippen MR) is 78.6 cm³/mol. The zero-order valence-corrected chi connectivity index (χ0v) is 12.7. The molecule has 0 aromatic heterocycles. The van der Waals surface area contributed by atoms with Crippen LogP contribution in [-0.2, 0) is 4.79 Å². The minimum absolute atomic E-state index is 0.0486. The van der Waals surface area contributed by atoms with E-state index in [0.29, 0.717) is 12.2 Å². The monoisotopic (exact) mass is 294 g/mol. The smallest absolute Gasteiger partial charge is 0.326 e. The molecule has 0 aromatic carbocycles. The molecule has 7 heteroatoms. The second-order valence-corrected chi connectivity index (χ2v) is 5.94. The van der Waals surface area contributed by atoms with Crippen LogP contribution in [0.25, 0.3) is 0 Å². The van der Waals surface area contributed by atoms with Gasteiger partial charge in [-0.2, -0.15) is 23.5 Å². The molecule has 2 amide bonds. The van der Waals surface area contributed by atoms with Crippen LogP contribution in [0.5, 0.6) is 0 Å². The highest BCUT2D eigenvalue weighted by atomic mass is 32.2. The Hall–Kier alpha value is -0.560. The van der Waals surface area contributed by atoms with E-state index in [1.54, 1.807) is 23.5 Å². The molecule has 0 radical (unpaired) electrons. The molecule has 0 aromatic rings. The SMILES string of the molecule is CSCCC(C)NC(=O)NC(CCSC)C(=O)O. The van der Waals surface area contributed by atoms with Crippen molar-refractivity contribution in [2.45, 2.75) is 31.8 Å². The molecule has 0 spiro atoms. The molecule has 106 valence electrons. The summed E-state index contributed by atoms with van der Waals surface area (Å²) in [7, 11) is 0. The van der Waals surface area contributed by atoms with E-state index >= 15 is 0 Å². The van der Waals surface area contributed by atoms with Gasteiger partial charge in [-0.25, -0.2) is 9.59 Å². The Morgan fingerprint density at radius 3 is 2.17 bits per heavy atom. The summed E-state index contributed by atoms with van der Waals surface area (Å²) in [6, 6.07) is -1.17. The van der Waals surface area contributed by atoms with Crippen LogP contribution in [0.3, 0.4) is 0 Å². The number of hydrogen-bond acceptors (Lipinski definition) is 4. The fourth-order valence-electron chi connectivity index (χ4n) is 1.28. The fourth-order valence-corrected chi connectivity index (χ4v) is 2.34. The molecule has 0 saturated carbocycles. The molecule has 0 heterocycles. The van der Waals surface area contributed by atoms with E-state index in [0.717, 1.165) is 12.2 Å². The quantitative estimate of drug-likeness (QED) is 0.602. The lowest BCUT2D eigenvalue weighted by Crippen LogP contribution is -2.48. The number of hydrogen-bond donors (Lipinski definition) is 3. The van der Waals surface area contributed by atoms with Gasteiger partial charge in [0, 0.05) is 6.04 Å². The molecule has 0 aliphatic heterocycles. The molecule has 2 unspecified atom stereocenters. The minimum Gasteiger partial charge on any atom is -0.480 e. The third-order valence-electron chi connectivity index (χ3n) is 2.35. The van der Waals surface area contributed by atoms with Gasteiger partial charge in [-0.3, -0.25) is 0 Å². The average Bonchev–Trinajstić information content (AvgIpc) is 2.31. The van der Waals surface area contributed by atoms with E-state index < -0.39 is 18.0 Å². The molecular formula is C11H22N2O3S2. The van der Waals surface area contributed by atoms with Gasteiger partial charge in [-0.1, -0.05) is 0 Å². The normalized spacial score (nSPS) is 13.7. The van der Waals surface area contributed by atoms with Crippen molar-refractivity contribution >= 4 is 35.5 Å². The summed E-state index contributed by atoms with van der Waals surface area (Å²) in [6.07, 6.45) is 5.22. The second kappa shape index (κ2) is 10.4. The molecule has 5 nitrogen and oxygen atoms in total. The zero-order valence-electron chi connectivity index (χ0n) is 11.1. The number of aliphatic carboxylic acids is 1. The van der Waals surface area contributed by atoms with E-state index in [4.69, 9.17) is 5.11 Å². The van der Waals surface area contributed by atoms with Gasteiger partial charge in [-0.15, -0.1) is 0 Å². The van der Waals surface area contributed by atoms with Gasteiger partial charge in [0.05, 0.1) is 0 Å². The first kappa shape index (κ1) is 17.4. The number of carboxylic acids is 1. The summed E-state index contributed by atoms with van der Waals surface area (Å²) in [6.45, 7) is 1.91. The number of thioether (sulfide) groups is 2. The lowest BCUT2D eigenvalue weighted by atomic mass is 10.2. The van der Waals surface area contributed by atoms with Crippen LogP contribution in [0.15, 0.2) is 0 Å². The molecular weight excluding hydrogens is 272 g/mol. The Morgan fingerprint density at radius 1 is 1.11 bits per heavy atom. The van der Waals surface area contributed by atoms with Crippen molar-refractivity contribution in [2.75, 3.05) is 24.0 Å². The summed E-state index contributed by atoms with van der Waals surface area (Å²) in [5.74, 6) is 0.686. The van der Waals surface area contributed by atoms with E-state index in [2.05, 4.69) is 10.6 Å². The zero-order chi connectivity index (χ0) is 14.0. The highest BCUT2D eigenvalue weighted by molar-refractivity contribution is 7.98. The van der Waals surface area contributed by atoms with Crippen LogP contribution >= 0.6 is 23.5 Å². The maximum Gasteiger partial charge on any atom is 0.326 e. The minimum atomic E-state index is -0.990. The Labute approximate surface area is 117 Å². The molecule has 0 rings (SSSR count). The molecule has 0 bridgehead atoms. The lowest BCUT2D eigenvalue weighted by Gasteiger charge is -2.18. The number of carbonyl (C=O) groups is 2. The van der Waals surface area contributed by atoms with Gasteiger partial charge in [0.1, 0.15) is 6.04 Å². The fraction of sp³-hybridized carbons (Fsp3) is 0.818. The van der Waals surface area contributed by atoms with Crippen LogP contribution in [0.4, 0.5) is 4.79 Å². The molecule has 0 saturated heterocycles. The first-order valence-electron chi connectivity index (χ1n) is 5.79. The Morgan fingerprint density at radius 2 is 1.67 bits per heavy atom. The number of urea groups is 1. The van der Waals surface area contributed by atoms with Crippen molar-refractivity contribution in [3.8, 4) is 0 Å². The highest BCUT2D eigenvalue weighted by Gasteiger charge is 2.19. The molecule has 18 heavy (non-hydrogen) atoms. The van der Waals surface area contributed by atoms with E-state index in [1.165, 1.54) is 0 Å². The molecule has 0 aliphatic carbocycles. The highest BCUT2D eigenvalue weighted by Crippen LogP contribution is 2.02. The number of carboxylic acid groups (broad SMARTS) is 1. The molecule has 0 aliphatic rings. The molecule has 3 N–H and O–H groups in total. The number of rotatable bonds is 9. The van der Waals surface area contributed by atoms with Crippen LogP contribution in [0, 0.1) is 0 Å². The van der Waals surface area contributed by atoms with Gasteiger partial charge >= 0.3 is 12.0 Å². The first-order valence-corrected chi connectivity index (χ1v) is 8.57. The summed E-state index contributed by atoms with van der Waals surface area (Å²) in [5.41, 5.74) is 0.